The van der Waals surface area contributed by atoms with E-state index in [2.05, 4.69) is 25.9 Å². The number of rotatable bonds is 2. The number of pyridine rings is 2. The van der Waals surface area contributed by atoms with Crippen LogP contribution in [0.4, 0.5) is 5.82 Å². The van der Waals surface area contributed by atoms with Crippen molar-refractivity contribution in [2.75, 3.05) is 19.0 Å². The van der Waals surface area contributed by atoms with Crippen molar-refractivity contribution in [2.45, 2.75) is 6.92 Å². The molecule has 7 heteroatoms. The minimum atomic E-state index is -0.114. The lowest BCUT2D eigenvalue weighted by Crippen LogP contribution is -2.22. The van der Waals surface area contributed by atoms with Gasteiger partial charge in [-0.05, 0) is 37.3 Å². The maximum atomic E-state index is 13.0. The van der Waals surface area contributed by atoms with Crippen LogP contribution in [0.15, 0.2) is 45.8 Å². The lowest BCUT2D eigenvalue weighted by Gasteiger charge is -2.14. The quantitative estimate of drug-likeness (QED) is 0.507. The number of benzene rings is 1. The van der Waals surface area contributed by atoms with Crippen LogP contribution in [-0.4, -0.2) is 33.2 Å². The van der Waals surface area contributed by atoms with Gasteiger partial charge in [0.2, 0.25) is 0 Å². The number of aryl methyl sites for hydroxylation is 2. The van der Waals surface area contributed by atoms with Crippen LogP contribution in [0.2, 0.25) is 0 Å². The van der Waals surface area contributed by atoms with Gasteiger partial charge in [0.1, 0.15) is 5.82 Å². The first-order valence-corrected chi connectivity index (χ1v) is 8.99. The number of hydrogen-bond acceptors (Lipinski definition) is 4. The highest BCUT2D eigenvalue weighted by atomic mass is 79.9. The van der Waals surface area contributed by atoms with E-state index in [1.165, 1.54) is 0 Å². The Labute approximate surface area is 158 Å². The number of aromatic nitrogens is 4. The van der Waals surface area contributed by atoms with Crippen LogP contribution in [-0.2, 0) is 7.05 Å². The summed E-state index contributed by atoms with van der Waals surface area (Å²) in [7, 11) is 5.66. The number of fused-ring (bicyclic) bond motifs is 3. The van der Waals surface area contributed by atoms with E-state index >= 15 is 0 Å². The van der Waals surface area contributed by atoms with Crippen molar-refractivity contribution in [1.82, 2.24) is 19.1 Å². The third kappa shape index (κ3) is 2.42. The first kappa shape index (κ1) is 16.8. The van der Waals surface area contributed by atoms with Gasteiger partial charge in [-0.25, -0.2) is 9.78 Å². The van der Waals surface area contributed by atoms with Crippen molar-refractivity contribution >= 4 is 43.7 Å². The van der Waals surface area contributed by atoms with Gasteiger partial charge in [0, 0.05) is 31.0 Å². The zero-order valence-corrected chi connectivity index (χ0v) is 16.6. The summed E-state index contributed by atoms with van der Waals surface area (Å²) in [4.78, 5) is 24.1. The minimum Gasteiger partial charge on any atom is -0.363 e. The summed E-state index contributed by atoms with van der Waals surface area (Å²) in [6, 6.07) is 9.76. The Bertz CT molecular complexity index is 1220. The van der Waals surface area contributed by atoms with E-state index in [1.807, 2.05) is 56.3 Å². The largest absolute Gasteiger partial charge is 0.363 e. The monoisotopic (exact) mass is 411 g/mol. The molecule has 0 unspecified atom stereocenters. The van der Waals surface area contributed by atoms with Crippen molar-refractivity contribution in [3.63, 3.8) is 0 Å². The standard InChI is InChI=1S/C19H18BrN5O/c1-11-15(7-8-17(22-11)23(2)3)25-18-13-9-12(20)5-6-14(13)21-10-16(18)24(4)19(25)26/h5-10H,1-4H3. The Kier molecular flexibility index (Phi) is 3.84. The van der Waals surface area contributed by atoms with Gasteiger partial charge < -0.3 is 4.90 Å². The van der Waals surface area contributed by atoms with Crippen molar-refractivity contribution in [1.29, 1.82) is 0 Å². The Morgan fingerprint density at radius 2 is 1.92 bits per heavy atom. The second-order valence-corrected chi connectivity index (χ2v) is 7.41. The van der Waals surface area contributed by atoms with Crippen molar-refractivity contribution in [3.8, 4) is 5.69 Å². The van der Waals surface area contributed by atoms with E-state index < -0.39 is 0 Å². The number of nitrogens with zero attached hydrogens (tertiary/aromatic N) is 5. The highest BCUT2D eigenvalue weighted by Gasteiger charge is 2.18. The first-order chi connectivity index (χ1) is 12.4. The molecule has 0 fully saturated rings. The molecule has 4 rings (SSSR count). The average Bonchev–Trinajstić information content (AvgIpc) is 2.86. The predicted molar refractivity (Wildman–Crippen MR) is 108 cm³/mol. The SMILES string of the molecule is Cc1nc(N(C)C)ccc1-n1c(=O)n(C)c2cnc3ccc(Br)cc3c21. The Hall–Kier alpha value is -2.67. The molecule has 0 saturated heterocycles. The fourth-order valence-corrected chi connectivity index (χ4v) is 3.58. The van der Waals surface area contributed by atoms with Gasteiger partial charge in [-0.2, -0.15) is 0 Å². The fraction of sp³-hybridized carbons (Fsp3) is 0.211. The van der Waals surface area contributed by atoms with Gasteiger partial charge in [-0.3, -0.25) is 14.1 Å². The second kappa shape index (κ2) is 5.95. The van der Waals surface area contributed by atoms with Crippen LogP contribution >= 0.6 is 15.9 Å². The molecule has 6 nitrogen and oxygen atoms in total. The van der Waals surface area contributed by atoms with Crippen LogP contribution in [0, 0.1) is 6.92 Å². The van der Waals surface area contributed by atoms with Crippen LogP contribution in [0.5, 0.6) is 0 Å². The topological polar surface area (TPSA) is 56.0 Å². The summed E-state index contributed by atoms with van der Waals surface area (Å²) in [5.41, 5.74) is 3.93. The van der Waals surface area contributed by atoms with Gasteiger partial charge in [0.25, 0.3) is 0 Å². The highest BCUT2D eigenvalue weighted by molar-refractivity contribution is 9.10. The van der Waals surface area contributed by atoms with Gasteiger partial charge >= 0.3 is 5.69 Å². The first-order valence-electron chi connectivity index (χ1n) is 8.19. The zero-order chi connectivity index (χ0) is 18.6. The number of anilines is 1. The lowest BCUT2D eigenvalue weighted by atomic mass is 10.2. The molecule has 0 aliphatic carbocycles. The third-order valence-electron chi connectivity index (χ3n) is 4.59. The number of halogens is 1. The molecule has 132 valence electrons. The van der Waals surface area contributed by atoms with Crippen molar-refractivity contribution in [3.05, 3.63) is 57.2 Å². The molecule has 0 saturated carbocycles. The van der Waals surface area contributed by atoms with E-state index in [1.54, 1.807) is 22.4 Å². The maximum Gasteiger partial charge on any atom is 0.333 e. The molecule has 0 spiro atoms. The van der Waals surface area contributed by atoms with E-state index in [0.717, 1.165) is 43.6 Å². The summed E-state index contributed by atoms with van der Waals surface area (Å²) in [6.45, 7) is 1.92. The second-order valence-electron chi connectivity index (χ2n) is 6.50. The molecular weight excluding hydrogens is 394 g/mol. The summed E-state index contributed by atoms with van der Waals surface area (Å²) in [5, 5.41) is 0.922. The maximum absolute atomic E-state index is 13.0. The zero-order valence-electron chi connectivity index (χ0n) is 15.0. The molecule has 3 heterocycles. The highest BCUT2D eigenvalue weighted by Crippen LogP contribution is 2.28. The molecule has 0 aliphatic rings. The van der Waals surface area contributed by atoms with Crippen LogP contribution in [0.1, 0.15) is 5.69 Å². The Morgan fingerprint density at radius 3 is 2.62 bits per heavy atom. The van der Waals surface area contributed by atoms with Gasteiger partial charge in [-0.1, -0.05) is 15.9 Å². The molecule has 0 amide bonds. The number of hydrogen-bond donors (Lipinski definition) is 0. The molecule has 26 heavy (non-hydrogen) atoms. The smallest absolute Gasteiger partial charge is 0.333 e. The summed E-state index contributed by atoms with van der Waals surface area (Å²) >= 11 is 3.52. The van der Waals surface area contributed by atoms with Crippen LogP contribution in [0.25, 0.3) is 27.6 Å². The molecular formula is C19H18BrN5O. The fourth-order valence-electron chi connectivity index (χ4n) is 3.22. The molecule has 4 aromatic rings. The molecule has 0 radical (unpaired) electrons. The van der Waals surface area contributed by atoms with E-state index in [9.17, 15) is 4.79 Å². The summed E-state index contributed by atoms with van der Waals surface area (Å²) < 4.78 is 4.30. The van der Waals surface area contributed by atoms with E-state index in [4.69, 9.17) is 0 Å². The van der Waals surface area contributed by atoms with Crippen molar-refractivity contribution in [2.24, 2.45) is 7.05 Å². The Morgan fingerprint density at radius 1 is 1.15 bits per heavy atom. The van der Waals surface area contributed by atoms with Gasteiger partial charge in [-0.15, -0.1) is 0 Å². The lowest BCUT2D eigenvalue weighted by molar-refractivity contribution is 0.839. The van der Waals surface area contributed by atoms with Crippen LogP contribution < -0.4 is 10.6 Å². The average molecular weight is 412 g/mol. The molecule has 0 aliphatic heterocycles. The molecule has 0 bridgehead atoms. The summed E-state index contributed by atoms with van der Waals surface area (Å²) in [5.74, 6) is 0.855. The van der Waals surface area contributed by atoms with Gasteiger partial charge in [0.05, 0.1) is 34.1 Å². The van der Waals surface area contributed by atoms with Gasteiger partial charge in [0.15, 0.2) is 0 Å². The normalized spacial score (nSPS) is 11.4. The Balaban J connectivity index is 2.15. The van der Waals surface area contributed by atoms with E-state index in [-0.39, 0.29) is 5.69 Å². The minimum absolute atomic E-state index is 0.114. The van der Waals surface area contributed by atoms with Crippen LogP contribution in [0.3, 0.4) is 0 Å². The molecule has 0 N–H and O–H groups in total. The number of imidazole rings is 1. The van der Waals surface area contributed by atoms with Crippen molar-refractivity contribution < 1.29 is 0 Å². The van der Waals surface area contributed by atoms with E-state index in [0.29, 0.717) is 0 Å². The third-order valence-corrected chi connectivity index (χ3v) is 5.08. The summed E-state index contributed by atoms with van der Waals surface area (Å²) in [6.07, 6.45) is 1.75. The molecule has 0 atom stereocenters. The predicted octanol–water partition coefficient (Wildman–Crippen LogP) is 3.41. The molecule has 3 aromatic heterocycles. The molecule has 1 aromatic carbocycles.